The molecule has 2 aromatic heterocycles. The number of aromatic nitrogens is 4. The number of carboxylic acids is 1. The van der Waals surface area contributed by atoms with E-state index >= 15 is 0 Å². The van der Waals surface area contributed by atoms with Crippen LogP contribution in [0, 0.1) is 0 Å². The normalized spacial score (nSPS) is 15.6. The van der Waals surface area contributed by atoms with E-state index in [-0.39, 0.29) is 16.1 Å². The molecule has 0 atom stereocenters. The number of anilines is 1. The van der Waals surface area contributed by atoms with Gasteiger partial charge in [0, 0.05) is 29.2 Å². The predicted molar refractivity (Wildman–Crippen MR) is 133 cm³/mol. The van der Waals surface area contributed by atoms with E-state index in [4.69, 9.17) is 40.5 Å². The average Bonchev–Trinajstić information content (AvgIpc) is 3.24. The molecule has 1 aliphatic heterocycles. The van der Waals surface area contributed by atoms with Crippen LogP contribution in [0.5, 0.6) is 0 Å². The summed E-state index contributed by atoms with van der Waals surface area (Å²) in [5.41, 5.74) is 8.08. The first kappa shape index (κ1) is 22.9. The molecule has 4 N–H and O–H groups in total. The van der Waals surface area contributed by atoms with Gasteiger partial charge in [-0.1, -0.05) is 59.1 Å². The monoisotopic (exact) mass is 516 g/mol. The highest BCUT2D eigenvalue weighted by Crippen LogP contribution is 2.38. The zero-order valence-electron chi connectivity index (χ0n) is 17.7. The Morgan fingerprint density at radius 2 is 1.82 bits per heavy atom. The van der Waals surface area contributed by atoms with Gasteiger partial charge in [0.25, 0.3) is 0 Å². The van der Waals surface area contributed by atoms with Crippen molar-refractivity contribution in [2.75, 3.05) is 18.0 Å². The summed E-state index contributed by atoms with van der Waals surface area (Å²) < 4.78 is 0. The molecule has 0 unspecified atom stereocenters. The first-order valence-corrected chi connectivity index (χ1v) is 11.6. The van der Waals surface area contributed by atoms with Crippen LogP contribution in [0.4, 0.5) is 5.95 Å². The van der Waals surface area contributed by atoms with Crippen molar-refractivity contribution in [1.82, 2.24) is 20.2 Å². The molecule has 8 nitrogen and oxygen atoms in total. The van der Waals surface area contributed by atoms with E-state index in [1.165, 1.54) is 0 Å². The number of H-pyrrole nitrogens is 1. The lowest BCUT2D eigenvalue weighted by atomic mass is 9.82. The molecule has 5 rings (SSSR count). The lowest BCUT2D eigenvalue weighted by Crippen LogP contribution is -2.48. The smallest absolute Gasteiger partial charge is 0.355 e. The van der Waals surface area contributed by atoms with E-state index < -0.39 is 11.5 Å². The summed E-state index contributed by atoms with van der Waals surface area (Å²) in [6.45, 7) is 1.10. The Morgan fingerprint density at radius 1 is 1.09 bits per heavy atom. The van der Waals surface area contributed by atoms with Gasteiger partial charge in [0.2, 0.25) is 5.95 Å². The average molecular weight is 518 g/mol. The highest BCUT2D eigenvalue weighted by molar-refractivity contribution is 6.43. The number of piperidine rings is 1. The van der Waals surface area contributed by atoms with Gasteiger partial charge >= 0.3 is 5.97 Å². The molecular formula is C23H19Cl3N6O2. The summed E-state index contributed by atoms with van der Waals surface area (Å²) in [5.74, 6) is -0.899. The Morgan fingerprint density at radius 3 is 2.53 bits per heavy atom. The molecule has 1 fully saturated rings. The Labute approximate surface area is 209 Å². The third kappa shape index (κ3) is 3.96. The molecule has 0 amide bonds. The van der Waals surface area contributed by atoms with Crippen LogP contribution in [0.25, 0.3) is 22.3 Å². The van der Waals surface area contributed by atoms with Crippen LogP contribution < -0.4 is 10.6 Å². The van der Waals surface area contributed by atoms with Crippen LogP contribution >= 0.6 is 34.8 Å². The lowest BCUT2D eigenvalue weighted by Gasteiger charge is -2.39. The van der Waals surface area contributed by atoms with E-state index in [1.54, 1.807) is 18.2 Å². The van der Waals surface area contributed by atoms with Gasteiger partial charge in [-0.15, -0.1) is 0 Å². The third-order valence-electron chi connectivity index (χ3n) is 6.15. The Bertz CT molecular complexity index is 1420. The topological polar surface area (TPSA) is 121 Å². The van der Waals surface area contributed by atoms with E-state index in [9.17, 15) is 9.90 Å². The molecule has 4 aromatic rings. The molecule has 174 valence electrons. The van der Waals surface area contributed by atoms with Crippen LogP contribution in [0.2, 0.25) is 15.1 Å². The first-order chi connectivity index (χ1) is 16.3. The van der Waals surface area contributed by atoms with Crippen LogP contribution in [-0.4, -0.2) is 44.3 Å². The summed E-state index contributed by atoms with van der Waals surface area (Å²) in [6.07, 6.45) is 1.26. The lowest BCUT2D eigenvalue weighted by molar-refractivity contribution is 0.0692. The minimum atomic E-state index is -1.20. The standard InChI is InChI=1S/C23H19Cl3N6O2/c24-13-4-1-3-12(11-13)23(27)7-9-32(10-8-23)22-28-19(21(33)34)16-18(30-31-20(16)29-22)14-5-2-6-15(25)17(14)26/h1-6,11H,7-10,27H2,(H,33,34)(H,28,29,30,31). The number of rotatable bonds is 4. The minimum Gasteiger partial charge on any atom is -0.476 e. The number of hydrogen-bond donors (Lipinski definition) is 3. The summed E-state index contributed by atoms with van der Waals surface area (Å²) in [4.78, 5) is 23.0. The van der Waals surface area contributed by atoms with Crippen molar-refractivity contribution in [2.24, 2.45) is 5.73 Å². The summed E-state index contributed by atoms with van der Waals surface area (Å²) in [6, 6.07) is 12.6. The zero-order valence-corrected chi connectivity index (χ0v) is 20.0. The number of nitrogens with zero attached hydrogens (tertiary/aromatic N) is 4. The SMILES string of the molecule is NC1(c2cccc(Cl)c2)CCN(c2nc(C(=O)O)c3c(-c4cccc(Cl)c4Cl)n[nH]c3n2)CC1. The second-order valence-electron chi connectivity index (χ2n) is 8.23. The molecule has 11 heteroatoms. The summed E-state index contributed by atoms with van der Waals surface area (Å²) >= 11 is 18.7. The van der Waals surface area contributed by atoms with Crippen LogP contribution in [0.15, 0.2) is 42.5 Å². The minimum absolute atomic E-state index is 0.167. The van der Waals surface area contributed by atoms with Crippen LogP contribution in [0.3, 0.4) is 0 Å². The number of carbonyl (C=O) groups is 1. The molecule has 1 saturated heterocycles. The van der Waals surface area contributed by atoms with E-state index in [1.807, 2.05) is 29.2 Å². The summed E-state index contributed by atoms with van der Waals surface area (Å²) in [5, 5.41) is 18.6. The van der Waals surface area contributed by atoms with E-state index in [0.29, 0.717) is 58.8 Å². The second kappa shape index (κ2) is 8.70. The second-order valence-corrected chi connectivity index (χ2v) is 9.45. The first-order valence-electron chi connectivity index (χ1n) is 10.5. The number of aromatic carboxylic acids is 1. The van der Waals surface area contributed by atoms with Gasteiger partial charge in [-0.3, -0.25) is 5.10 Å². The van der Waals surface area contributed by atoms with Gasteiger partial charge in [-0.25, -0.2) is 9.78 Å². The van der Waals surface area contributed by atoms with Crippen molar-refractivity contribution in [3.63, 3.8) is 0 Å². The van der Waals surface area contributed by atoms with Gasteiger partial charge in [-0.2, -0.15) is 10.1 Å². The van der Waals surface area contributed by atoms with Crippen molar-refractivity contribution >= 4 is 57.8 Å². The number of nitrogens with one attached hydrogen (secondary N) is 1. The maximum absolute atomic E-state index is 12.2. The molecule has 0 bridgehead atoms. The highest BCUT2D eigenvalue weighted by atomic mass is 35.5. The summed E-state index contributed by atoms with van der Waals surface area (Å²) in [7, 11) is 0. The molecule has 2 aromatic carbocycles. The number of nitrogens with two attached hydrogens (primary N) is 1. The molecule has 0 saturated carbocycles. The third-order valence-corrected chi connectivity index (χ3v) is 7.21. The van der Waals surface area contributed by atoms with Gasteiger partial charge < -0.3 is 15.7 Å². The quantitative estimate of drug-likeness (QED) is 0.343. The Hall–Kier alpha value is -2.91. The van der Waals surface area contributed by atoms with Gasteiger partial charge in [0.15, 0.2) is 11.3 Å². The van der Waals surface area contributed by atoms with E-state index in [2.05, 4.69) is 20.2 Å². The Kier molecular flexibility index (Phi) is 5.85. The fraction of sp³-hybridized carbons (Fsp3) is 0.217. The Balaban J connectivity index is 1.50. The highest BCUT2D eigenvalue weighted by Gasteiger charge is 2.34. The van der Waals surface area contributed by atoms with Crippen LogP contribution in [0.1, 0.15) is 28.9 Å². The maximum Gasteiger partial charge on any atom is 0.355 e. The van der Waals surface area contributed by atoms with Gasteiger partial charge in [0.1, 0.15) is 5.69 Å². The number of halogens is 3. The zero-order chi connectivity index (χ0) is 24.0. The number of carboxylic acid groups (broad SMARTS) is 1. The van der Waals surface area contributed by atoms with Crippen molar-refractivity contribution in [2.45, 2.75) is 18.4 Å². The van der Waals surface area contributed by atoms with Gasteiger partial charge in [-0.05, 0) is 36.6 Å². The van der Waals surface area contributed by atoms with Crippen molar-refractivity contribution in [3.8, 4) is 11.3 Å². The largest absolute Gasteiger partial charge is 0.476 e. The molecule has 3 heterocycles. The number of benzene rings is 2. The van der Waals surface area contributed by atoms with E-state index in [0.717, 1.165) is 5.56 Å². The predicted octanol–water partition coefficient (Wildman–Crippen LogP) is 5.13. The van der Waals surface area contributed by atoms with Gasteiger partial charge in [0.05, 0.1) is 15.4 Å². The van der Waals surface area contributed by atoms with Crippen LogP contribution in [-0.2, 0) is 5.54 Å². The number of aromatic amines is 1. The van der Waals surface area contributed by atoms with Crippen molar-refractivity contribution in [1.29, 1.82) is 0 Å². The molecule has 0 radical (unpaired) electrons. The van der Waals surface area contributed by atoms with Crippen molar-refractivity contribution in [3.05, 3.63) is 68.8 Å². The maximum atomic E-state index is 12.2. The number of fused-ring (bicyclic) bond motifs is 1. The molecule has 34 heavy (non-hydrogen) atoms. The molecule has 0 spiro atoms. The fourth-order valence-corrected chi connectivity index (χ4v) is 4.87. The molecule has 1 aliphatic rings. The fourth-order valence-electron chi connectivity index (χ4n) is 4.29. The molecule has 0 aliphatic carbocycles. The number of hydrogen-bond acceptors (Lipinski definition) is 6. The molecular weight excluding hydrogens is 499 g/mol. The van der Waals surface area contributed by atoms with Crippen molar-refractivity contribution < 1.29 is 9.90 Å².